The highest BCUT2D eigenvalue weighted by Crippen LogP contribution is 2.20. The van der Waals surface area contributed by atoms with Gasteiger partial charge in [-0.05, 0) is 31.7 Å². The molecule has 3 rings (SSSR count). The molecule has 0 aromatic carbocycles. The minimum absolute atomic E-state index is 0.166. The molecule has 0 atom stereocenters. The zero-order chi connectivity index (χ0) is 15.4. The molecular weight excluding hydrogens is 282 g/mol. The van der Waals surface area contributed by atoms with Crippen LogP contribution in [0.3, 0.4) is 0 Å². The molecule has 116 valence electrons. The Kier molecular flexibility index (Phi) is 4.43. The second-order valence-electron chi connectivity index (χ2n) is 5.39. The molecule has 2 aromatic heterocycles. The first-order chi connectivity index (χ1) is 10.8. The maximum absolute atomic E-state index is 12.3. The quantitative estimate of drug-likeness (QED) is 0.922. The van der Waals surface area contributed by atoms with Crippen LogP contribution in [-0.2, 0) is 4.74 Å². The lowest BCUT2D eigenvalue weighted by molar-refractivity contribution is 0.0597. The van der Waals surface area contributed by atoms with Crippen molar-refractivity contribution in [1.29, 1.82) is 0 Å². The molecule has 1 N–H and O–H groups in total. The molecule has 0 radical (unpaired) electrons. The molecule has 7 heteroatoms. The third-order valence-corrected chi connectivity index (χ3v) is 3.96. The number of carbonyl (C=O) groups excluding carboxylic acids is 1. The van der Waals surface area contributed by atoms with Crippen molar-refractivity contribution in [2.75, 3.05) is 7.11 Å². The molecule has 22 heavy (non-hydrogen) atoms. The van der Waals surface area contributed by atoms with Gasteiger partial charge in [0, 0.05) is 31.7 Å². The van der Waals surface area contributed by atoms with Crippen LogP contribution in [-0.4, -0.2) is 44.7 Å². The number of hydrogen-bond donors (Lipinski definition) is 1. The number of imidazole rings is 1. The fourth-order valence-corrected chi connectivity index (χ4v) is 2.69. The number of aromatic nitrogens is 4. The molecule has 7 nitrogen and oxygen atoms in total. The van der Waals surface area contributed by atoms with Crippen molar-refractivity contribution in [2.24, 2.45) is 0 Å². The van der Waals surface area contributed by atoms with E-state index < -0.39 is 0 Å². The Morgan fingerprint density at radius 3 is 2.82 bits per heavy atom. The summed E-state index contributed by atoms with van der Waals surface area (Å²) in [5.74, 6) is 0.573. The van der Waals surface area contributed by atoms with Gasteiger partial charge in [-0.15, -0.1) is 0 Å². The lowest BCUT2D eigenvalue weighted by Crippen LogP contribution is -2.39. The van der Waals surface area contributed by atoms with E-state index in [9.17, 15) is 4.79 Å². The standard InChI is InChI=1S/C15H19N5O2/c1-22-12-4-2-11(3-5-12)18-15(21)14-17-7-6-13(19-14)20-9-8-16-10-20/h6-12H,2-5H2,1H3,(H,18,21)/t11-,12-. The fourth-order valence-electron chi connectivity index (χ4n) is 2.69. The van der Waals surface area contributed by atoms with E-state index in [-0.39, 0.29) is 17.8 Å². The van der Waals surface area contributed by atoms with E-state index in [0.717, 1.165) is 25.7 Å². The van der Waals surface area contributed by atoms with Gasteiger partial charge in [0.25, 0.3) is 5.91 Å². The van der Waals surface area contributed by atoms with E-state index in [2.05, 4.69) is 20.3 Å². The van der Waals surface area contributed by atoms with Gasteiger partial charge in [0.2, 0.25) is 5.82 Å². The van der Waals surface area contributed by atoms with Gasteiger partial charge in [-0.2, -0.15) is 0 Å². The lowest BCUT2D eigenvalue weighted by Gasteiger charge is -2.27. The van der Waals surface area contributed by atoms with Gasteiger partial charge >= 0.3 is 0 Å². The van der Waals surface area contributed by atoms with Gasteiger partial charge in [0.05, 0.1) is 6.10 Å². The largest absolute Gasteiger partial charge is 0.381 e. The van der Waals surface area contributed by atoms with Crippen LogP contribution in [0.2, 0.25) is 0 Å². The zero-order valence-corrected chi connectivity index (χ0v) is 12.5. The molecule has 2 aromatic rings. The normalized spacial score (nSPS) is 21.5. The molecule has 2 heterocycles. The van der Waals surface area contributed by atoms with Crippen molar-refractivity contribution in [3.8, 4) is 5.82 Å². The average molecular weight is 301 g/mol. The Morgan fingerprint density at radius 2 is 2.14 bits per heavy atom. The fraction of sp³-hybridized carbons (Fsp3) is 0.467. The van der Waals surface area contributed by atoms with Crippen molar-refractivity contribution in [3.05, 3.63) is 36.8 Å². The van der Waals surface area contributed by atoms with Crippen LogP contribution in [0.5, 0.6) is 0 Å². The van der Waals surface area contributed by atoms with Gasteiger partial charge < -0.3 is 10.1 Å². The van der Waals surface area contributed by atoms with Crippen LogP contribution >= 0.6 is 0 Å². The SMILES string of the molecule is CO[C@H]1CC[C@H](NC(=O)c2nccc(-n3ccnc3)n2)CC1. The molecule has 1 aliphatic rings. The minimum Gasteiger partial charge on any atom is -0.381 e. The summed E-state index contributed by atoms with van der Waals surface area (Å²) in [4.78, 5) is 24.6. The van der Waals surface area contributed by atoms with Gasteiger partial charge in [0.1, 0.15) is 12.1 Å². The van der Waals surface area contributed by atoms with Gasteiger partial charge in [-0.25, -0.2) is 15.0 Å². The van der Waals surface area contributed by atoms with Crippen LogP contribution in [0.15, 0.2) is 31.0 Å². The average Bonchev–Trinajstić information content (AvgIpc) is 3.10. The molecule has 0 saturated heterocycles. The van der Waals surface area contributed by atoms with Crippen molar-refractivity contribution in [1.82, 2.24) is 24.8 Å². The smallest absolute Gasteiger partial charge is 0.289 e. The summed E-state index contributed by atoms with van der Waals surface area (Å²) in [6.45, 7) is 0. The maximum Gasteiger partial charge on any atom is 0.289 e. The first kappa shape index (κ1) is 14.6. The highest BCUT2D eigenvalue weighted by Gasteiger charge is 2.23. The molecule has 0 unspecified atom stereocenters. The van der Waals surface area contributed by atoms with Crippen molar-refractivity contribution < 1.29 is 9.53 Å². The molecular formula is C15H19N5O2. The summed E-state index contributed by atoms with van der Waals surface area (Å²) >= 11 is 0. The van der Waals surface area contributed by atoms with E-state index >= 15 is 0 Å². The first-order valence-electron chi connectivity index (χ1n) is 7.41. The van der Waals surface area contributed by atoms with Crippen molar-refractivity contribution in [3.63, 3.8) is 0 Å². The molecule has 0 bridgehead atoms. The highest BCUT2D eigenvalue weighted by molar-refractivity contribution is 5.90. The van der Waals surface area contributed by atoms with E-state index in [1.807, 2.05) is 0 Å². The summed E-state index contributed by atoms with van der Waals surface area (Å²) in [5.41, 5.74) is 0. The molecule has 0 aliphatic heterocycles. The van der Waals surface area contributed by atoms with E-state index in [1.54, 1.807) is 42.7 Å². The Balaban J connectivity index is 1.64. The molecule has 1 amide bonds. The van der Waals surface area contributed by atoms with Crippen LogP contribution in [0.4, 0.5) is 0 Å². The van der Waals surface area contributed by atoms with Gasteiger partial charge in [-0.3, -0.25) is 9.36 Å². The third-order valence-electron chi connectivity index (χ3n) is 3.96. The number of carbonyl (C=O) groups is 1. The second-order valence-corrected chi connectivity index (χ2v) is 5.39. The maximum atomic E-state index is 12.3. The number of amides is 1. The number of hydrogen-bond acceptors (Lipinski definition) is 5. The Hall–Kier alpha value is -2.28. The second kappa shape index (κ2) is 6.65. The number of nitrogens with one attached hydrogen (secondary N) is 1. The van der Waals surface area contributed by atoms with E-state index in [0.29, 0.717) is 11.9 Å². The zero-order valence-electron chi connectivity index (χ0n) is 12.5. The Bertz CT molecular complexity index is 621. The predicted molar refractivity (Wildman–Crippen MR) is 79.7 cm³/mol. The lowest BCUT2D eigenvalue weighted by atomic mass is 9.93. The summed E-state index contributed by atoms with van der Waals surface area (Å²) in [5, 5.41) is 3.01. The van der Waals surface area contributed by atoms with Crippen molar-refractivity contribution in [2.45, 2.75) is 37.8 Å². The van der Waals surface area contributed by atoms with Crippen LogP contribution < -0.4 is 5.32 Å². The topological polar surface area (TPSA) is 81.9 Å². The molecule has 0 spiro atoms. The van der Waals surface area contributed by atoms with Gasteiger partial charge in [0.15, 0.2) is 0 Å². The van der Waals surface area contributed by atoms with Gasteiger partial charge in [-0.1, -0.05) is 0 Å². The summed E-state index contributed by atoms with van der Waals surface area (Å²) in [6, 6.07) is 1.90. The monoisotopic (exact) mass is 301 g/mol. The highest BCUT2D eigenvalue weighted by atomic mass is 16.5. The predicted octanol–water partition coefficient (Wildman–Crippen LogP) is 1.35. The first-order valence-corrected chi connectivity index (χ1v) is 7.41. The van der Waals surface area contributed by atoms with E-state index in [1.165, 1.54) is 0 Å². The Labute approximate surface area is 128 Å². The third kappa shape index (κ3) is 3.30. The summed E-state index contributed by atoms with van der Waals surface area (Å²) < 4.78 is 7.08. The van der Waals surface area contributed by atoms with Crippen LogP contribution in [0.1, 0.15) is 36.3 Å². The van der Waals surface area contributed by atoms with Crippen molar-refractivity contribution >= 4 is 5.91 Å². The van der Waals surface area contributed by atoms with Crippen LogP contribution in [0.25, 0.3) is 5.82 Å². The number of rotatable bonds is 4. The number of nitrogens with zero attached hydrogens (tertiary/aromatic N) is 4. The molecule has 1 saturated carbocycles. The number of ether oxygens (including phenoxy) is 1. The summed E-state index contributed by atoms with van der Waals surface area (Å²) in [6.07, 6.45) is 10.8. The Morgan fingerprint density at radius 1 is 1.32 bits per heavy atom. The summed E-state index contributed by atoms with van der Waals surface area (Å²) in [7, 11) is 1.74. The molecule has 1 aliphatic carbocycles. The molecule has 1 fully saturated rings. The number of methoxy groups -OCH3 is 1. The van der Waals surface area contributed by atoms with Crippen LogP contribution in [0, 0.1) is 0 Å². The van der Waals surface area contributed by atoms with E-state index in [4.69, 9.17) is 4.74 Å². The minimum atomic E-state index is -0.233.